The summed E-state index contributed by atoms with van der Waals surface area (Å²) in [6.45, 7) is 1.76. The van der Waals surface area contributed by atoms with E-state index in [0.717, 1.165) is 61.6 Å². The van der Waals surface area contributed by atoms with Crippen LogP contribution in [0.2, 0.25) is 5.15 Å². The van der Waals surface area contributed by atoms with Crippen LogP contribution in [0.15, 0.2) is 42.5 Å². The van der Waals surface area contributed by atoms with Crippen LogP contribution in [0.5, 0.6) is 0 Å². The summed E-state index contributed by atoms with van der Waals surface area (Å²) in [5.41, 5.74) is -3.70. The van der Waals surface area contributed by atoms with Crippen molar-refractivity contribution in [2.75, 3.05) is 45.7 Å². The van der Waals surface area contributed by atoms with Gasteiger partial charge in [-0.1, -0.05) is 41.9 Å². The van der Waals surface area contributed by atoms with E-state index < -0.39 is 23.2 Å². The van der Waals surface area contributed by atoms with Gasteiger partial charge in [-0.2, -0.15) is 13.2 Å². The quantitative estimate of drug-likeness (QED) is 0.473. The van der Waals surface area contributed by atoms with Gasteiger partial charge in [0.15, 0.2) is 0 Å². The Morgan fingerprint density at radius 1 is 1.05 bits per heavy atom. The highest BCUT2D eigenvalue weighted by Crippen LogP contribution is 2.46. The lowest BCUT2D eigenvalue weighted by Crippen LogP contribution is -2.55. The smallest absolute Gasteiger partial charge is 0.369 e. The van der Waals surface area contributed by atoms with Crippen LogP contribution in [-0.4, -0.2) is 78.7 Å². The molecule has 4 rings (SSSR count). The highest BCUT2D eigenvalue weighted by atomic mass is 35.5. The maximum absolute atomic E-state index is 13.9. The zero-order chi connectivity index (χ0) is 28.5. The summed E-state index contributed by atoms with van der Waals surface area (Å²) in [6.07, 6.45) is -1.45. The minimum Gasteiger partial charge on any atom is -0.369 e. The second-order valence-electron chi connectivity index (χ2n) is 10.9. The molecule has 2 amide bonds. The average molecular weight is 567 g/mol. The van der Waals surface area contributed by atoms with E-state index in [1.165, 1.54) is 30.1 Å². The molecule has 39 heavy (non-hydrogen) atoms. The molecule has 2 heterocycles. The lowest BCUT2D eigenvalue weighted by molar-refractivity contribution is -0.261. The molecular weight excluding hydrogens is 533 g/mol. The van der Waals surface area contributed by atoms with Crippen LogP contribution in [0.3, 0.4) is 0 Å². The van der Waals surface area contributed by atoms with Crippen molar-refractivity contribution in [3.63, 3.8) is 0 Å². The van der Waals surface area contributed by atoms with E-state index in [4.69, 9.17) is 11.6 Å². The molecule has 1 saturated carbocycles. The third-order valence-electron chi connectivity index (χ3n) is 7.88. The van der Waals surface area contributed by atoms with Crippen LogP contribution in [0, 0.1) is 17.8 Å². The Balaban J connectivity index is 1.28. The molecule has 2 aliphatic rings. The Hall–Kier alpha value is -2.85. The molecule has 2 aromatic rings. The minimum atomic E-state index is -5.14. The number of hydrogen-bond acceptors (Lipinski definition) is 5. The zero-order valence-electron chi connectivity index (χ0n) is 22.3. The predicted octanol–water partition coefficient (Wildman–Crippen LogP) is 4.59. The van der Waals surface area contributed by atoms with Gasteiger partial charge in [0.05, 0.1) is 5.56 Å². The van der Waals surface area contributed by atoms with Crippen LogP contribution in [0.1, 0.15) is 41.6 Å². The highest BCUT2D eigenvalue weighted by Gasteiger charge is 2.62. The summed E-state index contributed by atoms with van der Waals surface area (Å²) in [7, 11) is 4.64. The van der Waals surface area contributed by atoms with Gasteiger partial charge in [0.2, 0.25) is 0 Å². The van der Waals surface area contributed by atoms with Gasteiger partial charge in [-0.25, -0.2) is 4.98 Å². The number of pyridine rings is 1. The molecule has 0 unspecified atom stereocenters. The number of aromatic nitrogens is 1. The van der Waals surface area contributed by atoms with Gasteiger partial charge in [-0.05, 0) is 55.6 Å². The van der Waals surface area contributed by atoms with Crippen LogP contribution >= 0.6 is 11.6 Å². The van der Waals surface area contributed by atoms with Gasteiger partial charge in [0.25, 0.3) is 17.4 Å². The molecule has 1 N–H and O–H groups in total. The Labute approximate surface area is 231 Å². The maximum Gasteiger partial charge on any atom is 0.430 e. The first-order valence-electron chi connectivity index (χ1n) is 13.1. The van der Waals surface area contributed by atoms with Crippen molar-refractivity contribution in [3.05, 3.63) is 58.7 Å². The van der Waals surface area contributed by atoms with Gasteiger partial charge in [-0.3, -0.25) is 9.59 Å². The molecular formula is C28H34ClF3N4O3. The molecule has 1 aliphatic carbocycles. The van der Waals surface area contributed by atoms with E-state index in [1.54, 1.807) is 20.2 Å². The van der Waals surface area contributed by atoms with Gasteiger partial charge in [0, 0.05) is 46.3 Å². The van der Waals surface area contributed by atoms with Crippen LogP contribution < -0.4 is 4.90 Å². The third kappa shape index (κ3) is 6.17. The van der Waals surface area contributed by atoms with Crippen molar-refractivity contribution in [2.45, 2.75) is 37.5 Å². The number of hydrogen-bond donors (Lipinski definition) is 1. The fourth-order valence-corrected chi connectivity index (χ4v) is 5.68. The maximum atomic E-state index is 13.9. The summed E-state index contributed by atoms with van der Waals surface area (Å²) < 4.78 is 41.6. The van der Waals surface area contributed by atoms with E-state index in [0.29, 0.717) is 17.4 Å². The van der Waals surface area contributed by atoms with E-state index >= 15 is 0 Å². The Morgan fingerprint density at radius 3 is 2.26 bits per heavy atom. The first kappa shape index (κ1) is 29.1. The molecule has 0 bridgehead atoms. The fraction of sp³-hybridized carbons (Fsp3) is 0.536. The minimum absolute atomic E-state index is 0.118. The first-order valence-corrected chi connectivity index (χ1v) is 13.4. The number of aliphatic hydroxyl groups is 1. The molecule has 1 saturated heterocycles. The van der Waals surface area contributed by atoms with Gasteiger partial charge in [-0.15, -0.1) is 0 Å². The van der Waals surface area contributed by atoms with Gasteiger partial charge >= 0.3 is 6.18 Å². The standard InChI is InChI=1S/C28H34ClF3N4O3/c1-34(2)25(37)22-9-10-23(33-24(22)29)36-13-11-18(12-14-36)15-19-16-20(19)17-35(3)26(38)27(39,28(30,31)32)21-7-5-4-6-8-21/h4-10,18-20,39H,11-17H2,1-3H3/t19-,20-,27+/m0/s1. The SMILES string of the molecule is CN(C)C(=O)c1ccc(N2CCC(C[C@H]3C[C@H]3CN(C)C(=O)[C@](O)(c3ccccc3)C(F)(F)F)CC2)nc1Cl. The number of anilines is 1. The van der Waals surface area contributed by atoms with Crippen molar-refractivity contribution in [1.29, 1.82) is 0 Å². The fourth-order valence-electron chi connectivity index (χ4n) is 5.45. The number of nitrogens with zero attached hydrogens (tertiary/aromatic N) is 4. The number of rotatable bonds is 8. The van der Waals surface area contributed by atoms with Crippen LogP contribution in [0.25, 0.3) is 0 Å². The van der Waals surface area contributed by atoms with Crippen molar-refractivity contribution in [2.24, 2.45) is 17.8 Å². The number of carbonyl (C=O) groups excluding carboxylic acids is 2. The molecule has 1 aromatic carbocycles. The molecule has 0 radical (unpaired) electrons. The Kier molecular flexibility index (Phi) is 8.47. The van der Waals surface area contributed by atoms with E-state index in [2.05, 4.69) is 9.88 Å². The number of halogens is 4. The lowest BCUT2D eigenvalue weighted by Gasteiger charge is -2.34. The lowest BCUT2D eigenvalue weighted by atomic mass is 9.90. The predicted molar refractivity (Wildman–Crippen MR) is 142 cm³/mol. The number of alkyl halides is 3. The summed E-state index contributed by atoms with van der Waals surface area (Å²) in [5, 5.41) is 10.7. The zero-order valence-corrected chi connectivity index (χ0v) is 23.0. The van der Waals surface area contributed by atoms with Crippen molar-refractivity contribution in [1.82, 2.24) is 14.8 Å². The summed E-state index contributed by atoms with van der Waals surface area (Å²) in [4.78, 5) is 34.1. The number of piperidine rings is 1. The van der Waals surface area contributed by atoms with Gasteiger partial charge in [0.1, 0.15) is 11.0 Å². The Morgan fingerprint density at radius 2 is 1.69 bits per heavy atom. The average Bonchev–Trinajstić information content (AvgIpc) is 3.63. The van der Waals surface area contributed by atoms with E-state index in [-0.39, 0.29) is 23.5 Å². The molecule has 1 aliphatic heterocycles. The topological polar surface area (TPSA) is 77.0 Å². The van der Waals surface area contributed by atoms with E-state index in [9.17, 15) is 27.9 Å². The van der Waals surface area contributed by atoms with Crippen molar-refractivity contribution in [3.8, 4) is 0 Å². The summed E-state index contributed by atoms with van der Waals surface area (Å²) in [5.74, 6) is 0.105. The van der Waals surface area contributed by atoms with Crippen molar-refractivity contribution < 1.29 is 27.9 Å². The molecule has 212 valence electrons. The number of carbonyl (C=O) groups is 2. The summed E-state index contributed by atoms with van der Waals surface area (Å²) in [6, 6.07) is 10.0. The van der Waals surface area contributed by atoms with Crippen LogP contribution in [0.4, 0.5) is 19.0 Å². The molecule has 3 atom stereocenters. The van der Waals surface area contributed by atoms with Crippen molar-refractivity contribution >= 4 is 29.2 Å². The number of amides is 2. The third-order valence-corrected chi connectivity index (χ3v) is 8.17. The van der Waals surface area contributed by atoms with Crippen LogP contribution in [-0.2, 0) is 10.4 Å². The molecule has 2 fully saturated rings. The molecule has 1 aromatic heterocycles. The number of benzene rings is 1. The van der Waals surface area contributed by atoms with Gasteiger partial charge < -0.3 is 19.8 Å². The highest BCUT2D eigenvalue weighted by molar-refractivity contribution is 6.32. The monoisotopic (exact) mass is 566 g/mol. The molecule has 0 spiro atoms. The first-order chi connectivity index (χ1) is 18.3. The Bertz CT molecular complexity index is 1190. The normalized spacial score (nSPS) is 21.3. The van der Waals surface area contributed by atoms with E-state index in [1.807, 2.05) is 6.07 Å². The molecule has 11 heteroatoms. The largest absolute Gasteiger partial charge is 0.430 e. The summed E-state index contributed by atoms with van der Waals surface area (Å²) >= 11 is 6.27. The second-order valence-corrected chi connectivity index (χ2v) is 11.2. The number of likely N-dealkylation sites (N-methyl/N-ethyl adjacent to an activating group) is 1. The molecule has 7 nitrogen and oxygen atoms in total. The second kappa shape index (κ2) is 11.3.